The molecule has 18 heavy (non-hydrogen) atoms. The second-order valence-electron chi connectivity index (χ2n) is 3.71. The molecule has 1 heterocycles. The van der Waals surface area contributed by atoms with Gasteiger partial charge in [0, 0.05) is 17.4 Å². The molecule has 0 saturated heterocycles. The maximum absolute atomic E-state index is 12.0. The standard InChI is InChI=1S/C13H13N3O2/c14-10-5-3-7-15-12(10)13(18)16-11-6-2-1-4-9(11)8-17/h1-7,17H,8,14H2,(H,16,18). The molecular formula is C13H13N3O2. The summed E-state index contributed by atoms with van der Waals surface area (Å²) in [6.45, 7) is -0.145. The first-order valence-corrected chi connectivity index (χ1v) is 5.43. The fraction of sp³-hybridized carbons (Fsp3) is 0.0769. The number of aliphatic hydroxyl groups excluding tert-OH is 1. The lowest BCUT2D eigenvalue weighted by atomic mass is 10.2. The lowest BCUT2D eigenvalue weighted by Crippen LogP contribution is -2.16. The van der Waals surface area contributed by atoms with E-state index in [4.69, 9.17) is 10.8 Å². The highest BCUT2D eigenvalue weighted by atomic mass is 16.3. The summed E-state index contributed by atoms with van der Waals surface area (Å²) in [5.74, 6) is -0.394. The first-order valence-electron chi connectivity index (χ1n) is 5.43. The van der Waals surface area contributed by atoms with Crippen LogP contribution in [0.5, 0.6) is 0 Å². The number of hydrogen-bond acceptors (Lipinski definition) is 4. The second kappa shape index (κ2) is 5.29. The molecule has 0 saturated carbocycles. The van der Waals surface area contributed by atoms with E-state index in [-0.39, 0.29) is 12.3 Å². The Kier molecular flexibility index (Phi) is 3.54. The molecule has 1 amide bonds. The van der Waals surface area contributed by atoms with Gasteiger partial charge in [0.1, 0.15) is 0 Å². The zero-order valence-corrected chi connectivity index (χ0v) is 9.63. The van der Waals surface area contributed by atoms with Crippen molar-refractivity contribution in [2.45, 2.75) is 6.61 Å². The molecule has 0 radical (unpaired) electrons. The molecule has 0 atom stereocenters. The number of aliphatic hydroxyl groups is 1. The number of anilines is 2. The normalized spacial score (nSPS) is 10.1. The van der Waals surface area contributed by atoms with Gasteiger partial charge in [0.15, 0.2) is 5.69 Å². The van der Waals surface area contributed by atoms with E-state index in [9.17, 15) is 4.79 Å². The van der Waals surface area contributed by atoms with Crippen molar-refractivity contribution in [2.75, 3.05) is 11.1 Å². The Morgan fingerprint density at radius 1 is 1.28 bits per heavy atom. The number of aromatic nitrogens is 1. The molecule has 0 aliphatic carbocycles. The maximum atomic E-state index is 12.0. The van der Waals surface area contributed by atoms with E-state index < -0.39 is 5.91 Å². The molecule has 5 heteroatoms. The highest BCUT2D eigenvalue weighted by Gasteiger charge is 2.12. The van der Waals surface area contributed by atoms with Crippen LogP contribution in [0.15, 0.2) is 42.6 Å². The summed E-state index contributed by atoms with van der Waals surface area (Å²) in [5.41, 5.74) is 7.35. The number of carbonyl (C=O) groups excluding carboxylic acids is 1. The van der Waals surface area contributed by atoms with Gasteiger partial charge in [-0.1, -0.05) is 18.2 Å². The van der Waals surface area contributed by atoms with Gasteiger partial charge in [0.05, 0.1) is 12.3 Å². The second-order valence-corrected chi connectivity index (χ2v) is 3.71. The van der Waals surface area contributed by atoms with Crippen molar-refractivity contribution in [3.63, 3.8) is 0 Å². The summed E-state index contributed by atoms with van der Waals surface area (Å²) < 4.78 is 0. The van der Waals surface area contributed by atoms with Gasteiger partial charge in [-0.05, 0) is 18.2 Å². The Balaban J connectivity index is 2.24. The summed E-state index contributed by atoms with van der Waals surface area (Å²) in [6.07, 6.45) is 1.50. The molecule has 0 fully saturated rings. The van der Waals surface area contributed by atoms with Crippen molar-refractivity contribution in [1.82, 2.24) is 4.98 Å². The number of benzene rings is 1. The summed E-state index contributed by atoms with van der Waals surface area (Å²) >= 11 is 0. The van der Waals surface area contributed by atoms with Crippen molar-refractivity contribution in [3.05, 3.63) is 53.9 Å². The minimum Gasteiger partial charge on any atom is -0.397 e. The van der Waals surface area contributed by atoms with Crippen molar-refractivity contribution < 1.29 is 9.90 Å². The Bertz CT molecular complexity index is 570. The summed E-state index contributed by atoms with van der Waals surface area (Å²) in [5, 5.41) is 11.8. The first kappa shape index (κ1) is 12.1. The highest BCUT2D eigenvalue weighted by molar-refractivity contribution is 6.06. The molecule has 1 aromatic heterocycles. The monoisotopic (exact) mass is 243 g/mol. The fourth-order valence-corrected chi connectivity index (χ4v) is 1.57. The third-order valence-corrected chi connectivity index (χ3v) is 2.49. The number of nitrogens with zero attached hydrogens (tertiary/aromatic N) is 1. The molecule has 5 nitrogen and oxygen atoms in total. The van der Waals surface area contributed by atoms with Gasteiger partial charge in [0.25, 0.3) is 5.91 Å². The number of hydrogen-bond donors (Lipinski definition) is 3. The van der Waals surface area contributed by atoms with Gasteiger partial charge in [-0.25, -0.2) is 4.98 Å². The largest absolute Gasteiger partial charge is 0.397 e. The molecule has 92 valence electrons. The van der Waals surface area contributed by atoms with Crippen LogP contribution in [0.3, 0.4) is 0 Å². The van der Waals surface area contributed by atoms with Gasteiger partial charge in [-0.15, -0.1) is 0 Å². The number of pyridine rings is 1. The van der Waals surface area contributed by atoms with Crippen LogP contribution in [0.2, 0.25) is 0 Å². The highest BCUT2D eigenvalue weighted by Crippen LogP contribution is 2.17. The minimum atomic E-state index is -0.394. The van der Waals surface area contributed by atoms with E-state index in [2.05, 4.69) is 10.3 Å². The van der Waals surface area contributed by atoms with Gasteiger partial charge < -0.3 is 16.2 Å². The molecule has 2 rings (SSSR count). The number of nitrogens with one attached hydrogen (secondary N) is 1. The Labute approximate surface area is 104 Å². The van der Waals surface area contributed by atoms with Crippen LogP contribution in [-0.4, -0.2) is 16.0 Å². The van der Waals surface area contributed by atoms with Crippen LogP contribution in [0.25, 0.3) is 0 Å². The van der Waals surface area contributed by atoms with Crippen LogP contribution in [0.4, 0.5) is 11.4 Å². The van der Waals surface area contributed by atoms with E-state index in [0.29, 0.717) is 16.9 Å². The quantitative estimate of drug-likeness (QED) is 0.760. The zero-order chi connectivity index (χ0) is 13.0. The molecule has 1 aromatic carbocycles. The van der Waals surface area contributed by atoms with E-state index in [1.54, 1.807) is 36.4 Å². The van der Waals surface area contributed by atoms with Gasteiger partial charge >= 0.3 is 0 Å². The molecule has 0 aliphatic rings. The summed E-state index contributed by atoms with van der Waals surface area (Å²) in [4.78, 5) is 15.9. The molecule has 0 spiro atoms. The van der Waals surface area contributed by atoms with Crippen LogP contribution >= 0.6 is 0 Å². The van der Waals surface area contributed by atoms with Crippen LogP contribution in [0.1, 0.15) is 16.1 Å². The molecule has 4 N–H and O–H groups in total. The van der Waals surface area contributed by atoms with Crippen molar-refractivity contribution in [2.24, 2.45) is 0 Å². The predicted octanol–water partition coefficient (Wildman–Crippen LogP) is 1.41. The number of carbonyl (C=O) groups is 1. The smallest absolute Gasteiger partial charge is 0.276 e. The summed E-state index contributed by atoms with van der Waals surface area (Å²) in [7, 11) is 0. The molecular weight excluding hydrogens is 230 g/mol. The van der Waals surface area contributed by atoms with Gasteiger partial charge in [0.2, 0.25) is 0 Å². The van der Waals surface area contributed by atoms with Crippen LogP contribution in [-0.2, 0) is 6.61 Å². The van der Waals surface area contributed by atoms with E-state index in [1.165, 1.54) is 6.20 Å². The van der Waals surface area contributed by atoms with Crippen molar-refractivity contribution >= 4 is 17.3 Å². The minimum absolute atomic E-state index is 0.145. The predicted molar refractivity (Wildman–Crippen MR) is 69.0 cm³/mol. The van der Waals surface area contributed by atoms with Crippen LogP contribution < -0.4 is 11.1 Å². The fourth-order valence-electron chi connectivity index (χ4n) is 1.57. The average molecular weight is 243 g/mol. The Hall–Kier alpha value is -2.40. The third kappa shape index (κ3) is 2.46. The first-order chi connectivity index (χ1) is 8.72. The van der Waals surface area contributed by atoms with Crippen molar-refractivity contribution in [3.8, 4) is 0 Å². The Morgan fingerprint density at radius 2 is 2.06 bits per heavy atom. The van der Waals surface area contributed by atoms with E-state index in [1.807, 2.05) is 0 Å². The molecule has 2 aromatic rings. The molecule has 0 bridgehead atoms. The molecule has 0 unspecified atom stereocenters. The number of rotatable bonds is 3. The van der Waals surface area contributed by atoms with Gasteiger partial charge in [-0.3, -0.25) is 4.79 Å². The average Bonchev–Trinajstić information content (AvgIpc) is 2.39. The van der Waals surface area contributed by atoms with E-state index in [0.717, 1.165) is 0 Å². The SMILES string of the molecule is Nc1cccnc1C(=O)Nc1ccccc1CO. The number of nitrogens with two attached hydrogens (primary N) is 1. The lowest BCUT2D eigenvalue weighted by Gasteiger charge is -2.09. The lowest BCUT2D eigenvalue weighted by molar-refractivity contribution is 0.102. The third-order valence-electron chi connectivity index (χ3n) is 2.49. The number of nitrogen functional groups attached to an aromatic ring is 1. The number of para-hydroxylation sites is 1. The molecule has 0 aliphatic heterocycles. The summed E-state index contributed by atoms with van der Waals surface area (Å²) in [6, 6.07) is 10.3. The Morgan fingerprint density at radius 3 is 2.78 bits per heavy atom. The van der Waals surface area contributed by atoms with Crippen LogP contribution in [0, 0.1) is 0 Å². The topological polar surface area (TPSA) is 88.2 Å². The van der Waals surface area contributed by atoms with Gasteiger partial charge in [-0.2, -0.15) is 0 Å². The number of amides is 1. The van der Waals surface area contributed by atoms with Crippen molar-refractivity contribution in [1.29, 1.82) is 0 Å². The maximum Gasteiger partial charge on any atom is 0.276 e. The zero-order valence-electron chi connectivity index (χ0n) is 9.63. The van der Waals surface area contributed by atoms with E-state index >= 15 is 0 Å².